The van der Waals surface area contributed by atoms with Crippen molar-refractivity contribution in [2.24, 2.45) is 12.0 Å². The Morgan fingerprint density at radius 3 is 2.67 bits per heavy atom. The summed E-state index contributed by atoms with van der Waals surface area (Å²) in [5.41, 5.74) is 0.964. The zero-order valence-corrected chi connectivity index (χ0v) is 18.9. The summed E-state index contributed by atoms with van der Waals surface area (Å²) in [6, 6.07) is 9.84. The van der Waals surface area contributed by atoms with Crippen molar-refractivity contribution in [3.8, 4) is 0 Å². The number of carbonyl (C=O) groups is 1. The van der Waals surface area contributed by atoms with Gasteiger partial charge in [0.15, 0.2) is 4.80 Å². The zero-order chi connectivity index (χ0) is 21.5. The van der Waals surface area contributed by atoms with Crippen LogP contribution in [-0.4, -0.2) is 42.0 Å². The number of hydrogen-bond donors (Lipinski definition) is 0. The monoisotopic (exact) mass is 465 g/mol. The van der Waals surface area contributed by atoms with Gasteiger partial charge in [0.2, 0.25) is 10.0 Å². The molecule has 1 amide bonds. The number of thioether (sulfide) groups is 1. The van der Waals surface area contributed by atoms with Crippen LogP contribution in [0.3, 0.4) is 0 Å². The van der Waals surface area contributed by atoms with Crippen LogP contribution in [-0.2, 0) is 21.9 Å². The van der Waals surface area contributed by atoms with Gasteiger partial charge in [-0.05, 0) is 61.6 Å². The number of aromatic nitrogens is 1. The maximum atomic E-state index is 13.2. The molecule has 0 aliphatic carbocycles. The quantitative estimate of drug-likeness (QED) is 0.554. The van der Waals surface area contributed by atoms with Crippen molar-refractivity contribution in [2.45, 2.75) is 28.7 Å². The standard InChI is InChI=1S/C20H20FN3O3S3/c1-23-16-10-7-14(28-2)12-18(16)29-20(23)22-19(25)17-4-3-11-24(17)30(26,27)15-8-5-13(21)6-9-15/h5-10,12,17H,3-4,11H2,1-2H3. The number of nitrogens with zero attached hydrogens (tertiary/aromatic N) is 3. The molecule has 4 rings (SSSR count). The summed E-state index contributed by atoms with van der Waals surface area (Å²) in [4.78, 5) is 18.9. The second kappa shape index (κ2) is 8.26. The highest BCUT2D eigenvalue weighted by atomic mass is 32.2. The number of thiazole rings is 1. The molecule has 0 N–H and O–H groups in total. The Morgan fingerprint density at radius 2 is 1.97 bits per heavy atom. The molecular formula is C20H20FN3O3S3. The second-order valence-corrected chi connectivity index (χ2v) is 10.7. The molecule has 1 aliphatic rings. The molecule has 1 aromatic heterocycles. The average Bonchev–Trinajstić information content (AvgIpc) is 3.34. The van der Waals surface area contributed by atoms with Gasteiger partial charge < -0.3 is 4.57 Å². The first-order valence-electron chi connectivity index (χ1n) is 9.31. The number of rotatable bonds is 4. The van der Waals surface area contributed by atoms with Crippen molar-refractivity contribution in [3.05, 3.63) is 53.1 Å². The van der Waals surface area contributed by atoms with Gasteiger partial charge in [-0.15, -0.1) is 11.8 Å². The van der Waals surface area contributed by atoms with Crippen LogP contribution in [0.1, 0.15) is 12.8 Å². The molecule has 10 heteroatoms. The minimum Gasteiger partial charge on any atom is -0.319 e. The molecule has 0 saturated carbocycles. The lowest BCUT2D eigenvalue weighted by Crippen LogP contribution is -2.40. The van der Waals surface area contributed by atoms with E-state index in [0.29, 0.717) is 17.6 Å². The molecule has 0 spiro atoms. The largest absolute Gasteiger partial charge is 0.319 e. The molecule has 158 valence electrons. The smallest absolute Gasteiger partial charge is 0.266 e. The van der Waals surface area contributed by atoms with Crippen molar-refractivity contribution < 1.29 is 17.6 Å². The number of benzene rings is 2. The second-order valence-electron chi connectivity index (χ2n) is 6.96. The van der Waals surface area contributed by atoms with Gasteiger partial charge in [0.1, 0.15) is 11.9 Å². The van der Waals surface area contributed by atoms with Crippen LogP contribution in [0.25, 0.3) is 10.2 Å². The minimum absolute atomic E-state index is 0.0272. The fourth-order valence-corrected chi connectivity index (χ4v) is 6.76. The molecular weight excluding hydrogens is 445 g/mol. The summed E-state index contributed by atoms with van der Waals surface area (Å²) >= 11 is 3.04. The third kappa shape index (κ3) is 3.84. The molecule has 1 fully saturated rings. The number of sulfonamides is 1. The van der Waals surface area contributed by atoms with Crippen molar-refractivity contribution >= 4 is 49.2 Å². The van der Waals surface area contributed by atoms with Gasteiger partial charge >= 0.3 is 0 Å². The normalized spacial score (nSPS) is 18.4. The Morgan fingerprint density at radius 1 is 1.23 bits per heavy atom. The van der Waals surface area contributed by atoms with Crippen molar-refractivity contribution in [1.82, 2.24) is 8.87 Å². The van der Waals surface area contributed by atoms with E-state index in [9.17, 15) is 17.6 Å². The summed E-state index contributed by atoms with van der Waals surface area (Å²) in [6.45, 7) is 0.237. The maximum absolute atomic E-state index is 13.2. The highest BCUT2D eigenvalue weighted by Crippen LogP contribution is 2.27. The van der Waals surface area contributed by atoms with Crippen molar-refractivity contribution in [1.29, 1.82) is 0 Å². The molecule has 1 unspecified atom stereocenters. The minimum atomic E-state index is -3.91. The van der Waals surface area contributed by atoms with Crippen LogP contribution in [0, 0.1) is 5.82 Å². The first kappa shape index (κ1) is 21.2. The topological polar surface area (TPSA) is 71.7 Å². The molecule has 2 aromatic carbocycles. The van der Waals surface area contributed by atoms with Crippen LogP contribution < -0.4 is 4.80 Å². The van der Waals surface area contributed by atoms with Crippen molar-refractivity contribution in [2.75, 3.05) is 12.8 Å². The predicted octanol–water partition coefficient (Wildman–Crippen LogP) is 3.38. The molecule has 0 radical (unpaired) electrons. The van der Waals surface area contributed by atoms with Crippen LogP contribution in [0.5, 0.6) is 0 Å². The van der Waals surface area contributed by atoms with Gasteiger partial charge in [0.25, 0.3) is 5.91 Å². The number of halogens is 1. The lowest BCUT2D eigenvalue weighted by atomic mass is 10.2. The van der Waals surface area contributed by atoms with Gasteiger partial charge in [0.05, 0.1) is 15.1 Å². The first-order chi connectivity index (χ1) is 14.3. The first-order valence-corrected chi connectivity index (χ1v) is 12.8. The van der Waals surface area contributed by atoms with Crippen molar-refractivity contribution in [3.63, 3.8) is 0 Å². The number of aryl methyl sites for hydroxylation is 1. The number of carbonyl (C=O) groups excluding carboxylic acids is 1. The Balaban J connectivity index is 1.68. The fourth-order valence-electron chi connectivity index (χ4n) is 3.53. The zero-order valence-electron chi connectivity index (χ0n) is 16.4. The molecule has 3 aromatic rings. The number of amides is 1. The van der Waals surface area contributed by atoms with E-state index in [0.717, 1.165) is 27.2 Å². The van der Waals surface area contributed by atoms with E-state index in [1.165, 1.54) is 27.8 Å². The predicted molar refractivity (Wildman–Crippen MR) is 116 cm³/mol. The van der Waals surface area contributed by atoms with E-state index in [2.05, 4.69) is 11.1 Å². The van der Waals surface area contributed by atoms with E-state index in [1.807, 2.05) is 30.0 Å². The summed E-state index contributed by atoms with van der Waals surface area (Å²) in [5.74, 6) is -0.995. The van der Waals surface area contributed by atoms with Crippen LogP contribution >= 0.6 is 23.1 Å². The average molecular weight is 466 g/mol. The van der Waals surface area contributed by atoms with Gasteiger partial charge in [-0.3, -0.25) is 4.79 Å². The SMILES string of the molecule is CSc1ccc2c(c1)sc(=NC(=O)C1CCCN1S(=O)(=O)c1ccc(F)cc1)n2C. The van der Waals surface area contributed by atoms with Gasteiger partial charge in [0, 0.05) is 18.5 Å². The van der Waals surface area contributed by atoms with Crippen LogP contribution in [0.2, 0.25) is 0 Å². The molecule has 2 heterocycles. The molecule has 1 aliphatic heterocycles. The molecule has 0 bridgehead atoms. The van der Waals surface area contributed by atoms with E-state index in [1.54, 1.807) is 11.8 Å². The summed E-state index contributed by atoms with van der Waals surface area (Å²) in [7, 11) is -2.07. The van der Waals surface area contributed by atoms with E-state index in [-0.39, 0.29) is 11.4 Å². The lowest BCUT2D eigenvalue weighted by molar-refractivity contribution is -0.121. The van der Waals surface area contributed by atoms with E-state index >= 15 is 0 Å². The summed E-state index contributed by atoms with van der Waals surface area (Å²) in [5, 5.41) is 0. The third-order valence-electron chi connectivity index (χ3n) is 5.13. The summed E-state index contributed by atoms with van der Waals surface area (Å²) in [6.07, 6.45) is 2.98. The summed E-state index contributed by atoms with van der Waals surface area (Å²) < 4.78 is 43.2. The van der Waals surface area contributed by atoms with Crippen LogP contribution in [0.15, 0.2) is 57.2 Å². The van der Waals surface area contributed by atoms with Gasteiger partial charge in [-0.1, -0.05) is 11.3 Å². The number of fused-ring (bicyclic) bond motifs is 1. The molecule has 1 atom stereocenters. The van der Waals surface area contributed by atoms with E-state index in [4.69, 9.17) is 0 Å². The number of hydrogen-bond acceptors (Lipinski definition) is 5. The fraction of sp³-hybridized carbons (Fsp3) is 0.300. The Labute approximate surface area is 182 Å². The highest BCUT2D eigenvalue weighted by molar-refractivity contribution is 7.98. The van der Waals surface area contributed by atoms with Crippen LogP contribution in [0.4, 0.5) is 4.39 Å². The Bertz CT molecular complexity index is 1280. The maximum Gasteiger partial charge on any atom is 0.266 e. The van der Waals surface area contributed by atoms with E-state index < -0.39 is 27.8 Å². The lowest BCUT2D eigenvalue weighted by Gasteiger charge is -2.21. The van der Waals surface area contributed by atoms with Gasteiger partial charge in [-0.2, -0.15) is 9.30 Å². The highest BCUT2D eigenvalue weighted by Gasteiger charge is 2.39. The molecule has 6 nitrogen and oxygen atoms in total. The Hall–Kier alpha value is -2.01. The molecule has 1 saturated heterocycles. The molecule has 30 heavy (non-hydrogen) atoms. The van der Waals surface area contributed by atoms with Gasteiger partial charge in [-0.25, -0.2) is 12.8 Å². The Kier molecular flexibility index (Phi) is 5.84. The third-order valence-corrected chi connectivity index (χ3v) is 8.87.